The van der Waals surface area contributed by atoms with Crippen LogP contribution in [0.4, 0.5) is 5.82 Å². The first-order valence-electron chi connectivity index (χ1n) is 5.65. The molecule has 1 aromatic heterocycles. The van der Waals surface area contributed by atoms with E-state index in [-0.39, 0.29) is 17.4 Å². The summed E-state index contributed by atoms with van der Waals surface area (Å²) < 4.78 is 0. The molecule has 1 aliphatic rings. The van der Waals surface area contributed by atoms with Crippen molar-refractivity contribution >= 4 is 23.5 Å². The van der Waals surface area contributed by atoms with E-state index in [0.29, 0.717) is 5.82 Å². The van der Waals surface area contributed by atoms with Crippen molar-refractivity contribution in [2.24, 2.45) is 0 Å². The molecule has 1 amide bonds. The second-order valence-electron chi connectivity index (χ2n) is 5.18. The number of nitrogens with one attached hydrogen (secondary N) is 3. The van der Waals surface area contributed by atoms with Gasteiger partial charge in [0.15, 0.2) is 5.82 Å². The summed E-state index contributed by atoms with van der Waals surface area (Å²) in [6, 6.07) is 1.79. The number of amides is 1. The number of aromatic amines is 1. The molecule has 94 valence electrons. The van der Waals surface area contributed by atoms with Gasteiger partial charge in [0.25, 0.3) is 0 Å². The number of thioether (sulfide) groups is 1. The number of H-pyrrole nitrogens is 1. The number of aromatic nitrogens is 2. The van der Waals surface area contributed by atoms with E-state index < -0.39 is 0 Å². The Bertz CT molecular complexity index is 404. The van der Waals surface area contributed by atoms with Crippen LogP contribution in [-0.2, 0) is 10.2 Å². The fourth-order valence-corrected chi connectivity index (χ4v) is 2.49. The van der Waals surface area contributed by atoms with E-state index in [1.165, 1.54) is 0 Å². The molecular formula is C11H18N4OS. The molecule has 2 heterocycles. The molecule has 1 saturated heterocycles. The molecule has 1 aromatic rings. The first-order chi connectivity index (χ1) is 7.97. The van der Waals surface area contributed by atoms with E-state index in [0.717, 1.165) is 17.3 Å². The van der Waals surface area contributed by atoms with Gasteiger partial charge in [-0.15, -0.1) is 11.8 Å². The third-order valence-corrected chi connectivity index (χ3v) is 3.61. The van der Waals surface area contributed by atoms with Crippen LogP contribution in [0.1, 0.15) is 26.5 Å². The molecule has 0 aliphatic carbocycles. The normalized spacial score (nSPS) is 20.5. The molecule has 0 bridgehead atoms. The summed E-state index contributed by atoms with van der Waals surface area (Å²) in [5.74, 6) is 2.24. The van der Waals surface area contributed by atoms with E-state index in [1.54, 1.807) is 11.8 Å². The monoisotopic (exact) mass is 254 g/mol. The van der Waals surface area contributed by atoms with Crippen LogP contribution >= 0.6 is 11.8 Å². The number of anilines is 1. The van der Waals surface area contributed by atoms with Crippen LogP contribution in [0.2, 0.25) is 0 Å². The quantitative estimate of drug-likeness (QED) is 0.744. The highest BCUT2D eigenvalue weighted by Gasteiger charge is 2.24. The Morgan fingerprint density at radius 1 is 1.59 bits per heavy atom. The highest BCUT2D eigenvalue weighted by atomic mass is 32.2. The third kappa shape index (κ3) is 3.01. The van der Waals surface area contributed by atoms with Gasteiger partial charge in [0, 0.05) is 28.8 Å². The number of carbonyl (C=O) groups excluding carboxylic acids is 1. The Morgan fingerprint density at radius 3 is 2.88 bits per heavy atom. The minimum Gasteiger partial charge on any atom is -0.308 e. The van der Waals surface area contributed by atoms with Gasteiger partial charge in [0.05, 0.1) is 6.04 Å². The number of hydrogen-bond donors (Lipinski definition) is 3. The lowest BCUT2D eigenvalue weighted by molar-refractivity contribution is -0.117. The first kappa shape index (κ1) is 12.4. The lowest BCUT2D eigenvalue weighted by Gasteiger charge is -2.14. The van der Waals surface area contributed by atoms with Crippen molar-refractivity contribution in [3.05, 3.63) is 11.8 Å². The van der Waals surface area contributed by atoms with Gasteiger partial charge < -0.3 is 5.32 Å². The molecular weight excluding hydrogens is 236 g/mol. The Kier molecular flexibility index (Phi) is 3.44. The summed E-state index contributed by atoms with van der Waals surface area (Å²) in [6.45, 7) is 6.30. The van der Waals surface area contributed by atoms with E-state index in [4.69, 9.17) is 0 Å². The molecule has 17 heavy (non-hydrogen) atoms. The minimum atomic E-state index is -0.102. The molecule has 1 unspecified atom stereocenters. The van der Waals surface area contributed by atoms with Gasteiger partial charge >= 0.3 is 0 Å². The molecule has 0 saturated carbocycles. The van der Waals surface area contributed by atoms with Crippen molar-refractivity contribution in [2.45, 2.75) is 32.2 Å². The summed E-state index contributed by atoms with van der Waals surface area (Å²) in [5.41, 5.74) is 1.03. The van der Waals surface area contributed by atoms with Crippen LogP contribution < -0.4 is 10.6 Å². The Morgan fingerprint density at radius 2 is 2.35 bits per heavy atom. The van der Waals surface area contributed by atoms with Gasteiger partial charge in [0.2, 0.25) is 5.91 Å². The fourth-order valence-electron chi connectivity index (χ4n) is 1.55. The molecule has 1 atom stereocenters. The molecule has 2 rings (SSSR count). The Hall–Kier alpha value is -1.01. The average molecular weight is 254 g/mol. The van der Waals surface area contributed by atoms with Crippen molar-refractivity contribution in [3.63, 3.8) is 0 Å². The Balaban J connectivity index is 1.99. The first-order valence-corrected chi connectivity index (χ1v) is 6.80. The summed E-state index contributed by atoms with van der Waals surface area (Å²) in [6.07, 6.45) is 0. The predicted octanol–water partition coefficient (Wildman–Crippen LogP) is 1.31. The number of rotatable bonds is 2. The molecule has 3 N–H and O–H groups in total. The van der Waals surface area contributed by atoms with Crippen LogP contribution in [-0.4, -0.2) is 33.8 Å². The summed E-state index contributed by atoms with van der Waals surface area (Å²) in [7, 11) is 0. The minimum absolute atomic E-state index is 0.0113. The molecule has 0 radical (unpaired) electrons. The second kappa shape index (κ2) is 4.70. The van der Waals surface area contributed by atoms with Crippen LogP contribution in [0.15, 0.2) is 6.07 Å². The highest BCUT2D eigenvalue weighted by molar-refractivity contribution is 7.99. The van der Waals surface area contributed by atoms with Crippen molar-refractivity contribution in [1.29, 1.82) is 0 Å². The molecule has 0 aromatic carbocycles. The van der Waals surface area contributed by atoms with E-state index in [2.05, 4.69) is 41.6 Å². The van der Waals surface area contributed by atoms with E-state index >= 15 is 0 Å². The topological polar surface area (TPSA) is 69.8 Å². The molecule has 5 nitrogen and oxygen atoms in total. The lowest BCUT2D eigenvalue weighted by atomic mass is 9.92. The lowest BCUT2D eigenvalue weighted by Crippen LogP contribution is -2.37. The number of hydrogen-bond acceptors (Lipinski definition) is 4. The standard InChI is InChI=1S/C11H18N4OS/c1-11(2,3)8-4-9(15-14-8)13-10(16)7-5-17-6-12-7/h4,7,12H,5-6H2,1-3H3,(H2,13,14,15,16). The van der Waals surface area contributed by atoms with Crippen LogP contribution in [0.5, 0.6) is 0 Å². The van der Waals surface area contributed by atoms with Gasteiger partial charge in [0.1, 0.15) is 0 Å². The molecule has 1 aliphatic heterocycles. The largest absolute Gasteiger partial charge is 0.308 e. The highest BCUT2D eigenvalue weighted by Crippen LogP contribution is 2.22. The van der Waals surface area contributed by atoms with Crippen molar-refractivity contribution < 1.29 is 4.79 Å². The molecule has 6 heteroatoms. The molecule has 1 fully saturated rings. The second-order valence-corrected chi connectivity index (χ2v) is 6.21. The zero-order valence-corrected chi connectivity index (χ0v) is 11.1. The SMILES string of the molecule is CC(C)(C)c1cc(NC(=O)C2CSCN2)n[nH]1. The van der Waals surface area contributed by atoms with Crippen LogP contribution in [0.3, 0.4) is 0 Å². The van der Waals surface area contributed by atoms with E-state index in [9.17, 15) is 4.79 Å². The number of carbonyl (C=O) groups is 1. The van der Waals surface area contributed by atoms with Crippen molar-refractivity contribution in [2.75, 3.05) is 16.9 Å². The summed E-state index contributed by atoms with van der Waals surface area (Å²) >= 11 is 1.73. The zero-order valence-electron chi connectivity index (χ0n) is 10.3. The van der Waals surface area contributed by atoms with Gasteiger partial charge in [-0.1, -0.05) is 20.8 Å². The van der Waals surface area contributed by atoms with Crippen molar-refractivity contribution in [1.82, 2.24) is 15.5 Å². The fraction of sp³-hybridized carbons (Fsp3) is 0.636. The maximum absolute atomic E-state index is 11.8. The van der Waals surface area contributed by atoms with Crippen LogP contribution in [0.25, 0.3) is 0 Å². The average Bonchev–Trinajstić information content (AvgIpc) is 2.85. The summed E-state index contributed by atoms with van der Waals surface area (Å²) in [5, 5.41) is 13.0. The Labute approximate surface area is 105 Å². The molecule has 0 spiro atoms. The van der Waals surface area contributed by atoms with Gasteiger partial charge in [-0.05, 0) is 0 Å². The van der Waals surface area contributed by atoms with Crippen molar-refractivity contribution in [3.8, 4) is 0 Å². The van der Waals surface area contributed by atoms with Crippen LogP contribution in [0, 0.1) is 0 Å². The number of nitrogens with zero attached hydrogens (tertiary/aromatic N) is 1. The maximum atomic E-state index is 11.8. The van der Waals surface area contributed by atoms with Gasteiger partial charge in [-0.2, -0.15) is 5.10 Å². The van der Waals surface area contributed by atoms with Gasteiger partial charge in [-0.3, -0.25) is 15.2 Å². The third-order valence-electron chi connectivity index (χ3n) is 2.67. The van der Waals surface area contributed by atoms with E-state index in [1.807, 2.05) is 6.07 Å². The maximum Gasteiger partial charge on any atom is 0.243 e. The zero-order chi connectivity index (χ0) is 12.5. The van der Waals surface area contributed by atoms with Gasteiger partial charge in [-0.25, -0.2) is 0 Å². The predicted molar refractivity (Wildman–Crippen MR) is 70.2 cm³/mol. The summed E-state index contributed by atoms with van der Waals surface area (Å²) in [4.78, 5) is 11.8. The smallest absolute Gasteiger partial charge is 0.243 e.